The molecule has 1 aliphatic rings. The zero-order valence-corrected chi connectivity index (χ0v) is 16.4. The summed E-state index contributed by atoms with van der Waals surface area (Å²) >= 11 is 0. The van der Waals surface area contributed by atoms with E-state index < -0.39 is 0 Å². The molecule has 1 aliphatic heterocycles. The molecule has 0 atom stereocenters. The monoisotopic (exact) mass is 390 g/mol. The minimum Gasteiger partial charge on any atom is -0.351 e. The van der Waals surface area contributed by atoms with Gasteiger partial charge >= 0.3 is 0 Å². The van der Waals surface area contributed by atoms with Gasteiger partial charge < -0.3 is 15.2 Å². The van der Waals surface area contributed by atoms with Gasteiger partial charge in [-0.15, -0.1) is 0 Å². The Hall–Kier alpha value is -3.15. The molecular weight excluding hydrogens is 364 g/mol. The maximum atomic E-state index is 12.5. The van der Waals surface area contributed by atoms with Gasteiger partial charge in [0.15, 0.2) is 0 Å². The van der Waals surface area contributed by atoms with Crippen LogP contribution in [0.1, 0.15) is 46.5 Å². The number of piperidine rings is 1. The van der Waals surface area contributed by atoms with Crippen molar-refractivity contribution in [3.63, 3.8) is 0 Å². The largest absolute Gasteiger partial charge is 0.351 e. The fraction of sp³-hybridized carbons (Fsp3) is 0.348. The van der Waals surface area contributed by atoms with E-state index >= 15 is 0 Å². The van der Waals surface area contributed by atoms with Gasteiger partial charge in [0.05, 0.1) is 0 Å². The Morgan fingerprint density at radius 3 is 2.69 bits per heavy atom. The minimum atomic E-state index is -0.0792. The van der Waals surface area contributed by atoms with Crippen molar-refractivity contribution >= 4 is 22.7 Å². The summed E-state index contributed by atoms with van der Waals surface area (Å²) in [6, 6.07) is 13.2. The maximum absolute atomic E-state index is 12.5. The van der Waals surface area contributed by atoms with Crippen molar-refractivity contribution in [3.05, 3.63) is 66.1 Å². The lowest BCUT2D eigenvalue weighted by atomic mass is 9.92. The summed E-state index contributed by atoms with van der Waals surface area (Å²) in [5, 5.41) is 3.93. The van der Waals surface area contributed by atoms with Crippen molar-refractivity contribution in [2.75, 3.05) is 19.6 Å². The molecule has 0 radical (unpaired) electrons. The van der Waals surface area contributed by atoms with Gasteiger partial charge in [-0.2, -0.15) is 0 Å². The molecule has 150 valence electrons. The number of fused-ring (bicyclic) bond motifs is 1. The van der Waals surface area contributed by atoms with E-state index in [0.29, 0.717) is 18.2 Å². The molecule has 0 bridgehead atoms. The topological polar surface area (TPSA) is 78.1 Å². The number of aromatic nitrogens is 2. The van der Waals surface area contributed by atoms with Crippen molar-refractivity contribution < 1.29 is 9.59 Å². The van der Waals surface area contributed by atoms with Gasteiger partial charge in [0.2, 0.25) is 0 Å². The Kier molecular flexibility index (Phi) is 5.89. The molecule has 2 amide bonds. The predicted molar refractivity (Wildman–Crippen MR) is 113 cm³/mol. The van der Waals surface area contributed by atoms with Gasteiger partial charge in [0, 0.05) is 48.5 Å². The molecule has 0 aliphatic carbocycles. The van der Waals surface area contributed by atoms with E-state index in [1.807, 2.05) is 47.4 Å². The summed E-state index contributed by atoms with van der Waals surface area (Å²) < 4.78 is 0. The number of hydrogen-bond acceptors (Lipinski definition) is 3. The molecule has 0 spiro atoms. The van der Waals surface area contributed by atoms with E-state index in [1.165, 1.54) is 0 Å². The van der Waals surface area contributed by atoms with Crippen LogP contribution < -0.4 is 5.32 Å². The lowest BCUT2D eigenvalue weighted by molar-refractivity contribution is 0.0685. The Morgan fingerprint density at radius 2 is 1.93 bits per heavy atom. The normalized spacial score (nSPS) is 14.8. The standard InChI is InChI=1S/C23H26N4O2/c28-22(21-15-19-16-24-12-8-20(19)26-21)25-11-4-5-17-9-13-27(14-10-17)23(29)18-6-2-1-3-7-18/h1-3,6-8,12,15-17,26H,4-5,9-11,13-14H2,(H,25,28). The Morgan fingerprint density at radius 1 is 1.14 bits per heavy atom. The van der Waals surface area contributed by atoms with Crippen LogP contribution in [0.4, 0.5) is 0 Å². The number of pyridine rings is 1. The Bertz CT molecular complexity index is 942. The van der Waals surface area contributed by atoms with E-state index in [-0.39, 0.29) is 11.8 Å². The van der Waals surface area contributed by atoms with Crippen molar-refractivity contribution in [3.8, 4) is 0 Å². The summed E-state index contributed by atoms with van der Waals surface area (Å²) in [7, 11) is 0. The summed E-state index contributed by atoms with van der Waals surface area (Å²) in [5.74, 6) is 0.667. The SMILES string of the molecule is O=C(NCCCC1CCN(C(=O)c2ccccc2)CC1)c1cc2cnccc2[nH]1. The molecule has 1 saturated heterocycles. The number of nitrogens with one attached hydrogen (secondary N) is 2. The molecular formula is C23H26N4O2. The highest BCUT2D eigenvalue weighted by Crippen LogP contribution is 2.23. The van der Waals surface area contributed by atoms with Crippen molar-refractivity contribution in [1.29, 1.82) is 0 Å². The minimum absolute atomic E-state index is 0.0792. The highest BCUT2D eigenvalue weighted by Gasteiger charge is 2.23. The number of hydrogen-bond donors (Lipinski definition) is 2. The summed E-state index contributed by atoms with van der Waals surface area (Å²) in [6.45, 7) is 2.29. The van der Waals surface area contributed by atoms with Crippen LogP contribution in [-0.4, -0.2) is 46.3 Å². The Balaban J connectivity index is 1.17. The van der Waals surface area contributed by atoms with Gasteiger partial charge in [0.25, 0.3) is 11.8 Å². The van der Waals surface area contributed by atoms with Gasteiger partial charge in [-0.25, -0.2) is 0 Å². The number of benzene rings is 1. The maximum Gasteiger partial charge on any atom is 0.267 e. The molecule has 29 heavy (non-hydrogen) atoms. The second kappa shape index (κ2) is 8.90. The molecule has 0 saturated carbocycles. The first kappa shape index (κ1) is 19.2. The number of carbonyl (C=O) groups excluding carboxylic acids is 2. The number of H-pyrrole nitrogens is 1. The lowest BCUT2D eigenvalue weighted by Crippen LogP contribution is -2.38. The third-order valence-electron chi connectivity index (χ3n) is 5.66. The van der Waals surface area contributed by atoms with E-state index in [9.17, 15) is 9.59 Å². The summed E-state index contributed by atoms with van der Waals surface area (Å²) in [5.41, 5.74) is 2.25. The van der Waals surface area contributed by atoms with Gasteiger partial charge in [-0.05, 0) is 55.9 Å². The molecule has 1 fully saturated rings. The lowest BCUT2D eigenvalue weighted by Gasteiger charge is -2.32. The zero-order chi connectivity index (χ0) is 20.1. The third-order valence-corrected chi connectivity index (χ3v) is 5.66. The van der Waals surface area contributed by atoms with Crippen LogP contribution in [0.15, 0.2) is 54.9 Å². The molecule has 6 nitrogen and oxygen atoms in total. The molecule has 2 aromatic heterocycles. The number of nitrogens with zero attached hydrogens (tertiary/aromatic N) is 2. The smallest absolute Gasteiger partial charge is 0.267 e. The average molecular weight is 390 g/mol. The number of rotatable bonds is 6. The second-order valence-electron chi connectivity index (χ2n) is 7.65. The molecule has 6 heteroatoms. The number of carbonyl (C=O) groups is 2. The predicted octanol–water partition coefficient (Wildman–Crippen LogP) is 3.63. The second-order valence-corrected chi connectivity index (χ2v) is 7.65. The molecule has 2 N–H and O–H groups in total. The van der Waals surface area contributed by atoms with Gasteiger partial charge in [-0.3, -0.25) is 14.6 Å². The third kappa shape index (κ3) is 4.65. The number of aromatic amines is 1. The van der Waals surface area contributed by atoms with Crippen LogP contribution >= 0.6 is 0 Å². The zero-order valence-electron chi connectivity index (χ0n) is 16.4. The van der Waals surface area contributed by atoms with Crippen LogP contribution in [0.25, 0.3) is 10.9 Å². The first-order valence-corrected chi connectivity index (χ1v) is 10.3. The molecule has 3 heterocycles. The van der Waals surface area contributed by atoms with Crippen LogP contribution in [0.3, 0.4) is 0 Å². The van der Waals surface area contributed by atoms with E-state index in [0.717, 1.165) is 55.2 Å². The van der Waals surface area contributed by atoms with Crippen LogP contribution in [0.2, 0.25) is 0 Å². The molecule has 3 aromatic rings. The van der Waals surface area contributed by atoms with E-state index in [2.05, 4.69) is 15.3 Å². The van der Waals surface area contributed by atoms with Gasteiger partial charge in [0.1, 0.15) is 5.69 Å². The van der Waals surface area contributed by atoms with Crippen LogP contribution in [0.5, 0.6) is 0 Å². The van der Waals surface area contributed by atoms with Crippen molar-refractivity contribution in [2.45, 2.75) is 25.7 Å². The van der Waals surface area contributed by atoms with E-state index in [1.54, 1.807) is 12.4 Å². The summed E-state index contributed by atoms with van der Waals surface area (Å²) in [4.78, 5) is 34.0. The summed E-state index contributed by atoms with van der Waals surface area (Å²) in [6.07, 6.45) is 7.54. The first-order chi connectivity index (χ1) is 14.2. The van der Waals surface area contributed by atoms with Gasteiger partial charge in [-0.1, -0.05) is 18.2 Å². The first-order valence-electron chi connectivity index (χ1n) is 10.3. The van der Waals surface area contributed by atoms with Crippen molar-refractivity contribution in [2.24, 2.45) is 5.92 Å². The molecule has 4 rings (SSSR count). The fourth-order valence-corrected chi connectivity index (χ4v) is 3.97. The molecule has 1 aromatic carbocycles. The van der Waals surface area contributed by atoms with Crippen molar-refractivity contribution in [1.82, 2.24) is 20.2 Å². The highest BCUT2D eigenvalue weighted by molar-refractivity contribution is 5.97. The molecule has 0 unspecified atom stereocenters. The average Bonchev–Trinajstić information content (AvgIpc) is 3.22. The quantitative estimate of drug-likeness (QED) is 0.631. The fourth-order valence-electron chi connectivity index (χ4n) is 3.97. The number of amides is 2. The van der Waals surface area contributed by atoms with E-state index in [4.69, 9.17) is 0 Å². The van der Waals surface area contributed by atoms with Crippen LogP contribution in [-0.2, 0) is 0 Å². The Labute approximate surface area is 170 Å². The highest BCUT2D eigenvalue weighted by atomic mass is 16.2. The number of likely N-dealkylation sites (tertiary alicyclic amines) is 1. The van der Waals surface area contributed by atoms with Crippen LogP contribution in [0, 0.1) is 5.92 Å².